The summed E-state index contributed by atoms with van der Waals surface area (Å²) >= 11 is 0. The van der Waals surface area contributed by atoms with Crippen LogP contribution in [0.2, 0.25) is 0 Å². The first kappa shape index (κ1) is 13.2. The van der Waals surface area contributed by atoms with Gasteiger partial charge in [-0.2, -0.15) is 0 Å². The van der Waals surface area contributed by atoms with Gasteiger partial charge in [-0.1, -0.05) is 26.2 Å². The molecule has 1 aromatic heterocycles. The molecule has 0 fully saturated rings. The number of hydrogen-bond donors (Lipinski definition) is 1. The molecule has 4 nitrogen and oxygen atoms in total. The quantitative estimate of drug-likeness (QED) is 0.655. The lowest BCUT2D eigenvalue weighted by atomic mass is 10.1. The van der Waals surface area contributed by atoms with Gasteiger partial charge in [0.15, 0.2) is 0 Å². The summed E-state index contributed by atoms with van der Waals surface area (Å²) in [4.78, 5) is 0. The highest BCUT2D eigenvalue weighted by Crippen LogP contribution is 2.08. The Hall–Kier alpha value is -0.900. The molecule has 0 bridgehead atoms. The summed E-state index contributed by atoms with van der Waals surface area (Å²) in [5.41, 5.74) is 0. The second kappa shape index (κ2) is 8.28. The minimum atomic E-state index is 0.778. The van der Waals surface area contributed by atoms with Crippen molar-refractivity contribution in [1.82, 2.24) is 15.5 Å². The predicted molar refractivity (Wildman–Crippen MR) is 64.4 cm³/mol. The summed E-state index contributed by atoms with van der Waals surface area (Å²) in [5, 5.41) is 11.2. The fourth-order valence-corrected chi connectivity index (χ4v) is 1.61. The molecule has 1 aromatic rings. The Labute approximate surface area is 97.8 Å². The average Bonchev–Trinajstić information content (AvgIpc) is 2.73. The number of aryl methyl sites for hydroxylation is 2. The number of rotatable bonds is 9. The molecule has 4 heteroatoms. The van der Waals surface area contributed by atoms with E-state index in [1.807, 2.05) is 7.05 Å². The van der Waals surface area contributed by atoms with Crippen LogP contribution < -0.4 is 5.32 Å². The van der Waals surface area contributed by atoms with Gasteiger partial charge in [-0.05, 0) is 26.4 Å². The van der Waals surface area contributed by atoms with Crippen molar-refractivity contribution < 1.29 is 4.42 Å². The monoisotopic (exact) mass is 225 g/mol. The highest BCUT2D eigenvalue weighted by atomic mass is 16.4. The Morgan fingerprint density at radius 1 is 1.00 bits per heavy atom. The van der Waals surface area contributed by atoms with Gasteiger partial charge < -0.3 is 9.73 Å². The molecule has 0 aliphatic heterocycles. The number of hydrogen-bond acceptors (Lipinski definition) is 4. The topological polar surface area (TPSA) is 51.0 Å². The molecule has 0 unspecified atom stereocenters. The lowest BCUT2D eigenvalue weighted by Crippen LogP contribution is -2.08. The van der Waals surface area contributed by atoms with E-state index in [1.54, 1.807) is 0 Å². The smallest absolute Gasteiger partial charge is 0.216 e. The lowest BCUT2D eigenvalue weighted by molar-refractivity contribution is 0.435. The van der Waals surface area contributed by atoms with Crippen LogP contribution in [0.25, 0.3) is 0 Å². The highest BCUT2D eigenvalue weighted by molar-refractivity contribution is 4.82. The number of nitrogens with zero attached hydrogens (tertiary/aromatic N) is 2. The second-order valence-electron chi connectivity index (χ2n) is 4.11. The Bertz CT molecular complexity index is 273. The van der Waals surface area contributed by atoms with Crippen molar-refractivity contribution in [2.45, 2.75) is 51.9 Å². The van der Waals surface area contributed by atoms with E-state index in [2.05, 4.69) is 22.4 Å². The lowest BCUT2D eigenvalue weighted by Gasteiger charge is -1.96. The van der Waals surface area contributed by atoms with Crippen LogP contribution in [-0.4, -0.2) is 23.8 Å². The molecular weight excluding hydrogens is 202 g/mol. The van der Waals surface area contributed by atoms with E-state index in [-0.39, 0.29) is 0 Å². The summed E-state index contributed by atoms with van der Waals surface area (Å²) in [6.45, 7) is 3.21. The first-order valence-corrected chi connectivity index (χ1v) is 6.32. The molecule has 1 N–H and O–H groups in total. The summed E-state index contributed by atoms with van der Waals surface area (Å²) in [7, 11) is 1.95. The summed E-state index contributed by atoms with van der Waals surface area (Å²) in [6, 6.07) is 0. The average molecular weight is 225 g/mol. The van der Waals surface area contributed by atoms with Crippen molar-refractivity contribution in [3.05, 3.63) is 11.8 Å². The minimum absolute atomic E-state index is 0.778. The maximum Gasteiger partial charge on any atom is 0.216 e. The van der Waals surface area contributed by atoms with Crippen LogP contribution in [0.5, 0.6) is 0 Å². The Morgan fingerprint density at radius 2 is 1.69 bits per heavy atom. The maximum atomic E-state index is 5.56. The van der Waals surface area contributed by atoms with Crippen LogP contribution in [0.3, 0.4) is 0 Å². The molecule has 0 radical (unpaired) electrons. The molecule has 1 rings (SSSR count). The van der Waals surface area contributed by atoms with Crippen LogP contribution in [-0.2, 0) is 12.8 Å². The molecular formula is C12H23N3O. The molecule has 92 valence electrons. The standard InChI is InChI=1S/C12H23N3O/c1-3-4-5-6-8-11-14-15-12(16-11)9-7-10-13-2/h13H,3-10H2,1-2H3. The number of unbranched alkanes of at least 4 members (excludes halogenated alkanes) is 3. The van der Waals surface area contributed by atoms with E-state index in [4.69, 9.17) is 4.42 Å². The van der Waals surface area contributed by atoms with Crippen LogP contribution >= 0.6 is 0 Å². The van der Waals surface area contributed by atoms with E-state index < -0.39 is 0 Å². The minimum Gasteiger partial charge on any atom is -0.425 e. The van der Waals surface area contributed by atoms with Gasteiger partial charge in [0.05, 0.1) is 0 Å². The second-order valence-corrected chi connectivity index (χ2v) is 4.11. The molecule has 0 saturated carbocycles. The van der Waals surface area contributed by atoms with E-state index in [0.29, 0.717) is 0 Å². The molecule has 1 heterocycles. The molecule has 0 aromatic carbocycles. The third-order valence-electron chi connectivity index (χ3n) is 2.57. The van der Waals surface area contributed by atoms with Crippen molar-refractivity contribution in [3.63, 3.8) is 0 Å². The van der Waals surface area contributed by atoms with Crippen molar-refractivity contribution >= 4 is 0 Å². The van der Waals surface area contributed by atoms with Gasteiger partial charge in [0.25, 0.3) is 0 Å². The van der Waals surface area contributed by atoms with E-state index >= 15 is 0 Å². The Balaban J connectivity index is 2.17. The van der Waals surface area contributed by atoms with E-state index in [0.717, 1.165) is 44.0 Å². The molecule has 0 saturated heterocycles. The van der Waals surface area contributed by atoms with Crippen molar-refractivity contribution in [1.29, 1.82) is 0 Å². The van der Waals surface area contributed by atoms with Gasteiger partial charge in [-0.3, -0.25) is 0 Å². The van der Waals surface area contributed by atoms with Gasteiger partial charge >= 0.3 is 0 Å². The van der Waals surface area contributed by atoms with E-state index in [9.17, 15) is 0 Å². The molecule has 0 spiro atoms. The SMILES string of the molecule is CCCCCCc1nnc(CCCNC)o1. The fourth-order valence-electron chi connectivity index (χ4n) is 1.61. The maximum absolute atomic E-state index is 5.56. The van der Waals surface area contributed by atoms with Gasteiger partial charge in [-0.25, -0.2) is 0 Å². The highest BCUT2D eigenvalue weighted by Gasteiger charge is 2.04. The zero-order valence-electron chi connectivity index (χ0n) is 10.5. The molecule has 0 aliphatic rings. The first-order chi connectivity index (χ1) is 7.86. The molecule has 16 heavy (non-hydrogen) atoms. The largest absolute Gasteiger partial charge is 0.425 e. The number of aromatic nitrogens is 2. The van der Waals surface area contributed by atoms with Gasteiger partial charge in [0.1, 0.15) is 0 Å². The van der Waals surface area contributed by atoms with Crippen LogP contribution in [0.4, 0.5) is 0 Å². The zero-order valence-corrected chi connectivity index (χ0v) is 10.5. The van der Waals surface area contributed by atoms with Crippen molar-refractivity contribution in [3.8, 4) is 0 Å². The van der Waals surface area contributed by atoms with Gasteiger partial charge in [0.2, 0.25) is 11.8 Å². The third kappa shape index (κ3) is 5.26. The Morgan fingerprint density at radius 3 is 2.31 bits per heavy atom. The molecule has 0 amide bonds. The van der Waals surface area contributed by atoms with Gasteiger partial charge in [-0.15, -0.1) is 10.2 Å². The molecule has 0 aliphatic carbocycles. The zero-order chi connectivity index (χ0) is 11.6. The summed E-state index contributed by atoms with van der Waals surface area (Å²) < 4.78 is 5.56. The third-order valence-corrected chi connectivity index (χ3v) is 2.57. The van der Waals surface area contributed by atoms with Crippen LogP contribution in [0.15, 0.2) is 4.42 Å². The first-order valence-electron chi connectivity index (χ1n) is 6.32. The van der Waals surface area contributed by atoms with Crippen molar-refractivity contribution in [2.75, 3.05) is 13.6 Å². The number of nitrogens with one attached hydrogen (secondary N) is 1. The van der Waals surface area contributed by atoms with Crippen LogP contribution in [0, 0.1) is 0 Å². The summed E-state index contributed by atoms with van der Waals surface area (Å²) in [5.74, 6) is 1.58. The molecule has 0 atom stereocenters. The summed E-state index contributed by atoms with van der Waals surface area (Å²) in [6.07, 6.45) is 7.83. The predicted octanol–water partition coefficient (Wildman–Crippen LogP) is 2.34. The van der Waals surface area contributed by atoms with Gasteiger partial charge in [0, 0.05) is 12.8 Å². The van der Waals surface area contributed by atoms with Crippen molar-refractivity contribution in [2.24, 2.45) is 0 Å². The fraction of sp³-hybridized carbons (Fsp3) is 0.833. The van der Waals surface area contributed by atoms with E-state index in [1.165, 1.54) is 19.3 Å². The normalized spacial score (nSPS) is 10.9. The Kier molecular flexibility index (Phi) is 6.81. The van der Waals surface area contributed by atoms with Crippen LogP contribution in [0.1, 0.15) is 50.8 Å².